The fourth-order valence-electron chi connectivity index (χ4n) is 11.9. The van der Waals surface area contributed by atoms with Crippen molar-refractivity contribution in [1.82, 2.24) is 46.7 Å². The Kier molecular flexibility index (Phi) is 25.6. The summed E-state index contributed by atoms with van der Waals surface area (Å²) in [6.07, 6.45) is -4.22. The first-order valence-corrected chi connectivity index (χ1v) is 32.9. The van der Waals surface area contributed by atoms with Crippen molar-refractivity contribution in [3.8, 4) is 5.75 Å². The summed E-state index contributed by atoms with van der Waals surface area (Å²) in [4.78, 5) is 197. The minimum absolute atomic E-state index is 0.0691. The number of H-pyrrole nitrogens is 1. The molecular weight excluding hydrogens is 1270 g/mol. The van der Waals surface area contributed by atoms with E-state index in [0.29, 0.717) is 28.0 Å². The van der Waals surface area contributed by atoms with Gasteiger partial charge in [-0.2, -0.15) is 0 Å². The molecule has 1 saturated heterocycles. The van der Waals surface area contributed by atoms with Crippen molar-refractivity contribution >= 4 is 110 Å². The van der Waals surface area contributed by atoms with E-state index in [1.54, 1.807) is 64.1 Å². The van der Waals surface area contributed by atoms with Gasteiger partial charge in [0.2, 0.25) is 53.2 Å². The molecular formula is C64H84N12O19S. The highest BCUT2D eigenvalue weighted by Crippen LogP contribution is 2.34. The van der Waals surface area contributed by atoms with Gasteiger partial charge in [0.1, 0.15) is 35.5 Å². The van der Waals surface area contributed by atoms with Gasteiger partial charge in [0.25, 0.3) is 11.8 Å². The van der Waals surface area contributed by atoms with Crippen molar-refractivity contribution < 1.29 is 91.4 Å². The molecule has 0 saturated carbocycles. The third kappa shape index (κ3) is 18.5. The second kappa shape index (κ2) is 33.0. The van der Waals surface area contributed by atoms with Crippen molar-refractivity contribution in [3.63, 3.8) is 0 Å². The minimum atomic E-state index is -2.42. The summed E-state index contributed by atoms with van der Waals surface area (Å²) in [5, 5.41) is 50.1. The van der Waals surface area contributed by atoms with E-state index in [4.69, 9.17) is 16.2 Å². The smallest absolute Gasteiger partial charge is 0.254 e. The number of hydrogen-bond donors (Lipinski definition) is 13. The maximum absolute atomic E-state index is 15.2. The van der Waals surface area contributed by atoms with E-state index in [0.717, 1.165) is 17.1 Å². The van der Waals surface area contributed by atoms with E-state index >= 15 is 4.21 Å². The number of nitrogens with two attached hydrogens (primary N) is 2. The number of Topliss-reactive ketones (excluding diaryl/α,β-unsaturated/α-hetero) is 3. The lowest BCUT2D eigenvalue weighted by Gasteiger charge is -2.32. The van der Waals surface area contributed by atoms with Crippen LogP contribution in [0.25, 0.3) is 10.9 Å². The van der Waals surface area contributed by atoms with Gasteiger partial charge in [-0.05, 0) is 53.6 Å². The van der Waals surface area contributed by atoms with Crippen molar-refractivity contribution in [2.45, 2.75) is 147 Å². The number of aliphatic hydroxyl groups excluding tert-OH is 3. The highest BCUT2D eigenvalue weighted by Gasteiger charge is 2.46. The van der Waals surface area contributed by atoms with Crippen LogP contribution in [0.4, 0.5) is 5.69 Å². The summed E-state index contributed by atoms with van der Waals surface area (Å²) in [6.45, 7) is 6.21. The topological polar surface area (TPSA) is 484 Å². The largest absolute Gasteiger partial charge is 0.489 e. The summed E-state index contributed by atoms with van der Waals surface area (Å²) in [5.41, 5.74) is 12.7. The number of hydrogen-bond acceptors (Lipinski definition) is 20. The van der Waals surface area contributed by atoms with Gasteiger partial charge in [-0.3, -0.25) is 76.2 Å². The summed E-state index contributed by atoms with van der Waals surface area (Å²) >= 11 is 0. The zero-order chi connectivity index (χ0) is 70.6. The molecule has 4 unspecified atom stereocenters. The molecule has 14 atom stereocenters. The number of nitrogens with zero attached hydrogens (tertiary/aromatic N) is 2. The zero-order valence-electron chi connectivity index (χ0n) is 54.0. The molecule has 96 heavy (non-hydrogen) atoms. The maximum atomic E-state index is 15.2. The number of imide groups is 1. The molecule has 0 spiro atoms. The predicted octanol–water partition coefficient (Wildman–Crippen LogP) is -2.94. The molecule has 0 aliphatic carbocycles. The first-order valence-electron chi connectivity index (χ1n) is 31.6. The molecule has 31 nitrogen and oxygen atoms in total. The van der Waals surface area contributed by atoms with Crippen LogP contribution in [0.2, 0.25) is 0 Å². The van der Waals surface area contributed by atoms with E-state index in [2.05, 4.69) is 42.2 Å². The quantitative estimate of drug-likeness (QED) is 0.0503. The molecule has 1 fully saturated rings. The van der Waals surface area contributed by atoms with Gasteiger partial charge in [-0.15, -0.1) is 0 Å². The van der Waals surface area contributed by atoms with Gasteiger partial charge >= 0.3 is 0 Å². The van der Waals surface area contributed by atoms with Gasteiger partial charge in [-0.1, -0.05) is 60.1 Å². The highest BCUT2D eigenvalue weighted by atomic mass is 32.2. The minimum Gasteiger partial charge on any atom is -0.489 e. The third-order valence-corrected chi connectivity index (χ3v) is 19.1. The number of anilines is 1. The molecule has 1 aromatic heterocycles. The Balaban J connectivity index is 1.20. The molecule has 11 amide bonds. The number of rotatable bonds is 20. The molecule has 520 valence electrons. The van der Waals surface area contributed by atoms with Crippen molar-refractivity contribution in [2.75, 3.05) is 43.9 Å². The van der Waals surface area contributed by atoms with Crippen molar-refractivity contribution in [2.24, 2.45) is 47.0 Å². The van der Waals surface area contributed by atoms with Gasteiger partial charge in [0, 0.05) is 92.2 Å². The number of benzene rings is 2. The van der Waals surface area contributed by atoms with Crippen LogP contribution in [0.1, 0.15) is 91.2 Å². The van der Waals surface area contributed by atoms with Crippen LogP contribution in [0, 0.1) is 35.5 Å². The summed E-state index contributed by atoms with van der Waals surface area (Å²) in [5.74, 6) is -18.7. The van der Waals surface area contributed by atoms with E-state index in [1.807, 2.05) is 0 Å². The first kappa shape index (κ1) is 74.3. The van der Waals surface area contributed by atoms with Gasteiger partial charge in [0.15, 0.2) is 17.3 Å². The molecule has 4 aliphatic heterocycles. The molecule has 4 aliphatic rings. The standard InChI is InChI=1S/C64H84N12O19S/c1-7-31(4)56-62(92)68-24-51(84)70-43-29-96(94)63-41(17-35(59(89)67-25-52(85)72-56)18-48(81)57(33(6)49(82)27-77)74-60(90)44-21-38(78)26-75(44)64(93)36(19-46(43)79)20-50(66)83)40-13-12-39(22-42(40)71-63)95-28-34-8-10-37(11-9-34)69-58(88)32(5)16-47(80)55(30(2)3)73-61(91)45(23-65)76-53(86)14-15-54(76)87/h8-15,22,30-33,35-36,38,43-45,49,55-57,71,77-78,82H,7,16-21,23-29,65H2,1-6H3,(H2,66,83)(H,67,89)(H,68,92)(H,69,88)(H,70,84)(H,72,85)(H,73,91)(H,74,90)/t31-,32+,33-,35?,36-,38?,43?,44-,45-,49-,55-,56-,57-,96?/m0/s1. The Labute approximate surface area is 554 Å². The number of ketones is 3. The number of fused-ring (bicyclic) bond motifs is 5. The number of primary amides is 1. The molecule has 2 aromatic carbocycles. The second-order valence-corrected chi connectivity index (χ2v) is 26.6. The molecule has 32 heteroatoms. The monoisotopic (exact) mass is 1360 g/mol. The van der Waals surface area contributed by atoms with Crippen LogP contribution in [-0.4, -0.2) is 204 Å². The van der Waals surface area contributed by atoms with Crippen molar-refractivity contribution in [1.29, 1.82) is 0 Å². The Bertz CT molecular complexity index is 3560. The van der Waals surface area contributed by atoms with Crippen LogP contribution in [0.15, 0.2) is 59.6 Å². The zero-order valence-corrected chi connectivity index (χ0v) is 54.8. The average molecular weight is 1360 g/mol. The van der Waals surface area contributed by atoms with Gasteiger partial charge in [0.05, 0.1) is 78.0 Å². The summed E-state index contributed by atoms with van der Waals surface area (Å²) < 4.78 is 21.4. The summed E-state index contributed by atoms with van der Waals surface area (Å²) in [7, 11) is -2.42. The third-order valence-electron chi connectivity index (χ3n) is 17.7. The van der Waals surface area contributed by atoms with Crippen LogP contribution in [-0.2, 0) is 91.0 Å². The molecule has 7 rings (SSSR count). The molecule has 5 heterocycles. The van der Waals surface area contributed by atoms with Gasteiger partial charge in [-0.25, -0.2) is 0 Å². The van der Waals surface area contributed by atoms with Crippen LogP contribution < -0.4 is 53.4 Å². The molecule has 0 radical (unpaired) electrons. The number of aliphatic hydroxyl groups is 3. The van der Waals surface area contributed by atoms with E-state index < -0.39 is 248 Å². The Morgan fingerprint density at radius 1 is 0.802 bits per heavy atom. The number of carbonyl (C=O) groups is 14. The number of nitrogens with one attached hydrogen (secondary N) is 8. The lowest BCUT2D eigenvalue weighted by Crippen LogP contribution is -2.57. The maximum Gasteiger partial charge on any atom is 0.254 e. The van der Waals surface area contributed by atoms with E-state index in [9.17, 15) is 82.4 Å². The Morgan fingerprint density at radius 3 is 2.08 bits per heavy atom. The van der Waals surface area contributed by atoms with Crippen LogP contribution >= 0.6 is 0 Å². The lowest BCUT2D eigenvalue weighted by molar-refractivity contribution is -0.145. The van der Waals surface area contributed by atoms with Crippen LogP contribution in [0.3, 0.4) is 0 Å². The van der Waals surface area contributed by atoms with E-state index in [-0.39, 0.29) is 34.9 Å². The Morgan fingerprint density at radius 2 is 1.46 bits per heavy atom. The van der Waals surface area contributed by atoms with E-state index in [1.165, 1.54) is 19.9 Å². The van der Waals surface area contributed by atoms with Gasteiger partial charge < -0.3 is 78.6 Å². The number of aromatic nitrogens is 1. The average Bonchev–Trinajstić information content (AvgIpc) is 1.62. The van der Waals surface area contributed by atoms with Crippen molar-refractivity contribution in [3.05, 3.63) is 65.7 Å². The molecule has 15 N–H and O–H groups in total. The number of ether oxygens (including phenoxy) is 1. The number of amides is 11. The van der Waals surface area contributed by atoms with Crippen LogP contribution in [0.5, 0.6) is 5.75 Å². The Hall–Kier alpha value is -9.11. The molecule has 3 aromatic rings. The fraction of sp³-hybridized carbons (Fsp3) is 0.531. The lowest BCUT2D eigenvalue weighted by atomic mass is 9.85. The number of aromatic amines is 1. The first-order chi connectivity index (χ1) is 45.4. The predicted molar refractivity (Wildman–Crippen MR) is 342 cm³/mol. The number of carbonyl (C=O) groups excluding carboxylic acids is 14. The SMILES string of the molecule is CC[C@H](C)[C@@H]1NC(=O)CNC(=O)C2CC(=O)[C@H]([C@@H](C)[C@@H](O)CO)NC(=O)[C@@H]3CC(O)CN3C(=O)[C@H](CC(N)=O)CC(=O)C(CS(=O)c3[nH]c4cc(OCc5ccc(NC(=O)[C@H](C)CC(=O)[C@@H](NC(=O)[C@H](CN)N6C(=O)C=CC6=O)C(C)C)cc5)ccc4c3C2)NC(=O)CNC1=O. The summed E-state index contributed by atoms with van der Waals surface area (Å²) in [6, 6.07) is 2.36. The second-order valence-electron chi connectivity index (χ2n) is 25.1. The normalized spacial score (nSPS) is 24.7. The fourth-order valence-corrected chi connectivity index (χ4v) is 13.3. The highest BCUT2D eigenvalue weighted by molar-refractivity contribution is 7.85. The molecule has 2 bridgehead atoms.